The van der Waals surface area contributed by atoms with Crippen LogP contribution in [-0.4, -0.2) is 13.5 Å². The zero-order chi connectivity index (χ0) is 18.0. The van der Waals surface area contributed by atoms with E-state index in [0.29, 0.717) is 5.75 Å². The van der Waals surface area contributed by atoms with E-state index in [-0.39, 0.29) is 5.75 Å². The fourth-order valence-electron chi connectivity index (χ4n) is 2.01. The summed E-state index contributed by atoms with van der Waals surface area (Å²) in [7, 11) is -5.83. The number of halogens is 3. The molecule has 0 bridgehead atoms. The van der Waals surface area contributed by atoms with Gasteiger partial charge in [-0.1, -0.05) is 22.6 Å². The molecule has 1 unspecified atom stereocenters. The molecule has 2 rings (SSSR count). The van der Waals surface area contributed by atoms with Crippen LogP contribution in [0.25, 0.3) is 0 Å². The van der Waals surface area contributed by atoms with Crippen molar-refractivity contribution in [3.05, 3.63) is 59.7 Å². The average molecular weight is 362 g/mol. The molecule has 0 aromatic heterocycles. The van der Waals surface area contributed by atoms with Crippen molar-refractivity contribution < 1.29 is 36.0 Å². The fourth-order valence-corrected chi connectivity index (χ4v) is 2.55. The minimum Gasteiger partial charge on any atom is -0.457 e. The van der Waals surface area contributed by atoms with Gasteiger partial charge in [-0.3, -0.25) is 0 Å². The van der Waals surface area contributed by atoms with Gasteiger partial charge in [0.2, 0.25) is 0 Å². The summed E-state index contributed by atoms with van der Waals surface area (Å²) in [6.07, 6.45) is -1.46. The Morgan fingerprint density at radius 2 is 1.71 bits per heavy atom. The summed E-state index contributed by atoms with van der Waals surface area (Å²) >= 11 is 0. The molecule has 0 saturated carbocycles. The van der Waals surface area contributed by atoms with E-state index in [2.05, 4.69) is 4.39 Å². The molecule has 1 N–H and O–H groups in total. The van der Waals surface area contributed by atoms with Crippen LogP contribution in [0.1, 0.15) is 24.2 Å². The van der Waals surface area contributed by atoms with Crippen LogP contribution in [0.3, 0.4) is 0 Å². The first-order valence-corrected chi connectivity index (χ1v) is 8.08. The molecule has 0 aliphatic heterocycles. The van der Waals surface area contributed by atoms with E-state index in [0.717, 1.165) is 25.1 Å². The van der Waals surface area contributed by atoms with E-state index in [1.807, 2.05) is 0 Å². The SMILES string of the molecule is CC(O)c1cc(Oc2ccccc2)ccc1C(F)(F)S(=O)(=O)OF. The van der Waals surface area contributed by atoms with Crippen LogP contribution in [0, 0.1) is 0 Å². The van der Waals surface area contributed by atoms with Gasteiger partial charge in [0, 0.05) is 5.56 Å². The molecule has 0 heterocycles. The zero-order valence-corrected chi connectivity index (χ0v) is 13.1. The Balaban J connectivity index is 2.48. The van der Waals surface area contributed by atoms with E-state index in [4.69, 9.17) is 4.74 Å². The molecule has 0 radical (unpaired) electrons. The molecule has 0 amide bonds. The van der Waals surface area contributed by atoms with Crippen molar-refractivity contribution in [2.24, 2.45) is 0 Å². The third-order valence-corrected chi connectivity index (χ3v) is 4.18. The van der Waals surface area contributed by atoms with Gasteiger partial charge in [0.25, 0.3) is 0 Å². The van der Waals surface area contributed by atoms with Gasteiger partial charge < -0.3 is 9.84 Å². The lowest BCUT2D eigenvalue weighted by molar-refractivity contribution is -0.0295. The van der Waals surface area contributed by atoms with Crippen molar-refractivity contribution in [3.63, 3.8) is 0 Å². The molecule has 5 nitrogen and oxygen atoms in total. The second kappa shape index (κ2) is 6.80. The van der Waals surface area contributed by atoms with Gasteiger partial charge in [-0.15, -0.1) is 0 Å². The summed E-state index contributed by atoms with van der Waals surface area (Å²) < 4.78 is 70.1. The second-order valence-electron chi connectivity index (χ2n) is 4.87. The maximum Gasteiger partial charge on any atom is 0.398 e. The van der Waals surface area contributed by atoms with Crippen LogP contribution < -0.4 is 4.74 Å². The molecular weight excluding hydrogens is 349 g/mol. The summed E-state index contributed by atoms with van der Waals surface area (Å²) in [6, 6.07) is 11.2. The first-order chi connectivity index (χ1) is 11.2. The number of benzene rings is 2. The maximum atomic E-state index is 14.0. The number of aliphatic hydroxyl groups is 1. The highest BCUT2D eigenvalue weighted by atomic mass is 32.2. The van der Waals surface area contributed by atoms with Gasteiger partial charge >= 0.3 is 15.4 Å². The molecule has 0 fully saturated rings. The molecule has 0 aliphatic rings. The topological polar surface area (TPSA) is 72.8 Å². The van der Waals surface area contributed by atoms with Crippen molar-refractivity contribution in [2.45, 2.75) is 18.3 Å². The zero-order valence-electron chi connectivity index (χ0n) is 12.3. The molecule has 1 atom stereocenters. The highest BCUT2D eigenvalue weighted by molar-refractivity contribution is 7.87. The summed E-state index contributed by atoms with van der Waals surface area (Å²) in [5, 5.41) is 5.00. The Morgan fingerprint density at radius 3 is 2.25 bits per heavy atom. The Labute approximate surface area is 136 Å². The fraction of sp³-hybridized carbons (Fsp3) is 0.200. The average Bonchev–Trinajstić information content (AvgIpc) is 2.55. The third kappa shape index (κ3) is 3.53. The number of para-hydroxylation sites is 1. The van der Waals surface area contributed by atoms with Gasteiger partial charge in [0.15, 0.2) is 0 Å². The molecule has 24 heavy (non-hydrogen) atoms. The molecule has 0 aliphatic carbocycles. The number of alkyl halides is 2. The van der Waals surface area contributed by atoms with Gasteiger partial charge in [0.1, 0.15) is 11.5 Å². The van der Waals surface area contributed by atoms with Crippen LogP contribution in [0.15, 0.2) is 48.5 Å². The lowest BCUT2D eigenvalue weighted by Crippen LogP contribution is -2.28. The number of ether oxygens (including phenoxy) is 1. The first-order valence-electron chi connectivity index (χ1n) is 6.67. The Morgan fingerprint density at radius 1 is 1.08 bits per heavy atom. The van der Waals surface area contributed by atoms with E-state index in [9.17, 15) is 26.8 Å². The number of hydrogen-bond acceptors (Lipinski definition) is 5. The normalized spacial score (nSPS) is 13.5. The van der Waals surface area contributed by atoms with Crippen molar-refractivity contribution in [3.8, 4) is 11.5 Å². The summed E-state index contributed by atoms with van der Waals surface area (Å²) in [5.41, 5.74) is -1.54. The number of aliphatic hydroxyl groups excluding tert-OH is 1. The third-order valence-electron chi connectivity index (χ3n) is 3.16. The predicted octanol–water partition coefficient (Wildman–Crippen LogP) is 3.81. The molecule has 9 heteroatoms. The molecular formula is C15H13F3O5S. The molecule has 0 spiro atoms. The van der Waals surface area contributed by atoms with E-state index in [1.54, 1.807) is 30.3 Å². The minimum atomic E-state index is -5.83. The summed E-state index contributed by atoms with van der Waals surface area (Å²) in [5.74, 6) is 0.503. The van der Waals surface area contributed by atoms with E-state index >= 15 is 0 Å². The van der Waals surface area contributed by atoms with Gasteiger partial charge in [-0.25, -0.2) is 0 Å². The van der Waals surface area contributed by atoms with E-state index in [1.165, 1.54) is 0 Å². The predicted molar refractivity (Wildman–Crippen MR) is 78.6 cm³/mol. The van der Waals surface area contributed by atoms with Crippen LogP contribution in [0.5, 0.6) is 11.5 Å². The van der Waals surface area contributed by atoms with Gasteiger partial charge in [-0.2, -0.15) is 17.2 Å². The highest BCUT2D eigenvalue weighted by Gasteiger charge is 2.51. The molecule has 2 aromatic rings. The standard InChI is InChI=1S/C15H13F3O5S/c1-10(19)13-9-12(22-11-5-3-2-4-6-11)7-8-14(13)15(16,17)24(20,21)23-18/h2-10,19H,1H3. The van der Waals surface area contributed by atoms with Gasteiger partial charge in [0.05, 0.1) is 6.10 Å². The Bertz CT molecular complexity index is 807. The first kappa shape index (κ1) is 18.2. The highest BCUT2D eigenvalue weighted by Crippen LogP contribution is 2.41. The molecule has 0 saturated heterocycles. The van der Waals surface area contributed by atoms with Crippen LogP contribution in [0.2, 0.25) is 0 Å². The van der Waals surface area contributed by atoms with Crippen molar-refractivity contribution in [1.29, 1.82) is 0 Å². The monoisotopic (exact) mass is 362 g/mol. The van der Waals surface area contributed by atoms with E-state index < -0.39 is 32.6 Å². The quantitative estimate of drug-likeness (QED) is 0.846. The molecule has 130 valence electrons. The van der Waals surface area contributed by atoms with Crippen LogP contribution in [0.4, 0.5) is 13.3 Å². The number of rotatable bonds is 6. The smallest absolute Gasteiger partial charge is 0.398 e. The summed E-state index contributed by atoms with van der Waals surface area (Å²) in [4.78, 5) is 0. The second-order valence-corrected chi connectivity index (χ2v) is 6.42. The van der Waals surface area contributed by atoms with Crippen molar-refractivity contribution >= 4 is 10.1 Å². The van der Waals surface area contributed by atoms with Crippen LogP contribution in [-0.2, 0) is 19.8 Å². The number of hydrogen-bond donors (Lipinski definition) is 1. The Hall–Kier alpha value is -2.10. The summed E-state index contributed by atoms with van der Waals surface area (Å²) in [6.45, 7) is 1.16. The largest absolute Gasteiger partial charge is 0.457 e. The van der Waals surface area contributed by atoms with Crippen molar-refractivity contribution in [2.75, 3.05) is 0 Å². The minimum absolute atomic E-state index is 0.0928. The lowest BCUT2D eigenvalue weighted by atomic mass is 10.0. The maximum absolute atomic E-state index is 14.0. The Kier molecular flexibility index (Phi) is 5.16. The van der Waals surface area contributed by atoms with Crippen LogP contribution >= 0.6 is 0 Å². The van der Waals surface area contributed by atoms with Crippen molar-refractivity contribution in [1.82, 2.24) is 0 Å². The molecule has 2 aromatic carbocycles. The van der Waals surface area contributed by atoms with Gasteiger partial charge in [-0.05, 0) is 47.3 Å². The lowest BCUT2D eigenvalue weighted by Gasteiger charge is -2.20.